The summed E-state index contributed by atoms with van der Waals surface area (Å²) in [7, 11) is 1.76. The molecule has 3 unspecified atom stereocenters. The molecule has 0 radical (unpaired) electrons. The molecular weight excluding hydrogens is 330 g/mol. The third-order valence-electron chi connectivity index (χ3n) is 4.51. The molecule has 0 aromatic heterocycles. The van der Waals surface area contributed by atoms with Crippen LogP contribution in [0.25, 0.3) is 0 Å². The zero-order valence-corrected chi connectivity index (χ0v) is 15.2. The fourth-order valence-corrected chi connectivity index (χ4v) is 3.95. The molecule has 0 spiro atoms. The molecule has 1 fully saturated rings. The van der Waals surface area contributed by atoms with Crippen molar-refractivity contribution >= 4 is 15.9 Å². The van der Waals surface area contributed by atoms with Crippen molar-refractivity contribution < 1.29 is 9.47 Å². The van der Waals surface area contributed by atoms with Crippen molar-refractivity contribution in [2.75, 3.05) is 20.3 Å². The second-order valence-electron chi connectivity index (χ2n) is 5.81. The average molecular weight is 356 g/mol. The lowest BCUT2D eigenvalue weighted by molar-refractivity contribution is 0.0952. The molecule has 118 valence electrons. The molecule has 1 aliphatic heterocycles. The first kappa shape index (κ1) is 16.8. The second kappa shape index (κ2) is 7.12. The zero-order chi connectivity index (χ0) is 15.6. The molecular formula is C17H26BrNO2. The van der Waals surface area contributed by atoms with Crippen molar-refractivity contribution in [3.05, 3.63) is 27.2 Å². The molecule has 21 heavy (non-hydrogen) atoms. The molecule has 0 aliphatic carbocycles. The summed E-state index contributed by atoms with van der Waals surface area (Å²) >= 11 is 3.69. The van der Waals surface area contributed by atoms with E-state index in [1.54, 1.807) is 7.11 Å². The lowest BCUT2D eigenvalue weighted by atomic mass is 9.85. The summed E-state index contributed by atoms with van der Waals surface area (Å²) in [6, 6.07) is 2.40. The molecule has 1 aromatic rings. The molecule has 3 nitrogen and oxygen atoms in total. The minimum atomic E-state index is 0.263. The van der Waals surface area contributed by atoms with Crippen molar-refractivity contribution in [3.63, 3.8) is 0 Å². The van der Waals surface area contributed by atoms with Crippen LogP contribution >= 0.6 is 15.9 Å². The van der Waals surface area contributed by atoms with Gasteiger partial charge in [0.05, 0.1) is 13.2 Å². The molecule has 4 heteroatoms. The van der Waals surface area contributed by atoms with E-state index in [4.69, 9.17) is 9.47 Å². The Bertz CT molecular complexity index is 504. The summed E-state index contributed by atoms with van der Waals surface area (Å²) in [5, 5.41) is 3.66. The first-order valence-corrected chi connectivity index (χ1v) is 8.49. The van der Waals surface area contributed by atoms with Crippen LogP contribution in [0, 0.1) is 19.8 Å². The van der Waals surface area contributed by atoms with Gasteiger partial charge in [0.1, 0.15) is 5.75 Å². The minimum absolute atomic E-state index is 0.263. The van der Waals surface area contributed by atoms with E-state index in [9.17, 15) is 0 Å². The van der Waals surface area contributed by atoms with E-state index < -0.39 is 0 Å². The van der Waals surface area contributed by atoms with Gasteiger partial charge >= 0.3 is 0 Å². The van der Waals surface area contributed by atoms with Gasteiger partial charge in [-0.25, -0.2) is 0 Å². The number of nitrogens with one attached hydrogen (secondary N) is 1. The molecule has 2 rings (SSSR count). The SMILES string of the molecule is CCNC(c1c(C)c(Br)cc(C)c1OC)C1CCOC1C. The van der Waals surface area contributed by atoms with E-state index >= 15 is 0 Å². The Labute approximate surface area is 136 Å². The standard InChI is InChI=1S/C17H26BrNO2/c1-6-19-16(13-7-8-21-12(13)4)15-11(3)14(18)9-10(2)17(15)20-5/h9,12-13,16,19H,6-8H2,1-5H3. The second-order valence-corrected chi connectivity index (χ2v) is 6.67. The first-order valence-electron chi connectivity index (χ1n) is 7.69. The topological polar surface area (TPSA) is 30.5 Å². The Kier molecular flexibility index (Phi) is 5.69. The van der Waals surface area contributed by atoms with E-state index in [-0.39, 0.29) is 12.1 Å². The number of hydrogen-bond donors (Lipinski definition) is 1. The maximum absolute atomic E-state index is 5.80. The van der Waals surface area contributed by atoms with Crippen molar-refractivity contribution in [1.82, 2.24) is 5.32 Å². The number of aryl methyl sites for hydroxylation is 1. The van der Waals surface area contributed by atoms with E-state index in [1.165, 1.54) is 16.7 Å². The maximum atomic E-state index is 5.80. The Morgan fingerprint density at radius 2 is 2.19 bits per heavy atom. The zero-order valence-electron chi connectivity index (χ0n) is 13.6. The van der Waals surface area contributed by atoms with Gasteiger partial charge in [0.25, 0.3) is 0 Å². The fraction of sp³-hybridized carbons (Fsp3) is 0.647. The summed E-state index contributed by atoms with van der Waals surface area (Å²) in [6.45, 7) is 10.4. The van der Waals surface area contributed by atoms with Gasteiger partial charge in [0.2, 0.25) is 0 Å². The van der Waals surface area contributed by atoms with Crippen LogP contribution in [0.1, 0.15) is 43.0 Å². The summed E-state index contributed by atoms with van der Waals surface area (Å²) in [6.07, 6.45) is 1.37. The van der Waals surface area contributed by atoms with Gasteiger partial charge in [-0.3, -0.25) is 0 Å². The quantitative estimate of drug-likeness (QED) is 0.860. The van der Waals surface area contributed by atoms with Gasteiger partial charge in [-0.1, -0.05) is 22.9 Å². The molecule has 0 saturated carbocycles. The maximum Gasteiger partial charge on any atom is 0.126 e. The lowest BCUT2D eigenvalue weighted by Gasteiger charge is -2.30. The largest absolute Gasteiger partial charge is 0.496 e. The summed E-state index contributed by atoms with van der Waals surface area (Å²) in [4.78, 5) is 0. The third kappa shape index (κ3) is 3.27. The van der Waals surface area contributed by atoms with Crippen LogP contribution in [0.4, 0.5) is 0 Å². The number of methoxy groups -OCH3 is 1. The molecule has 1 aromatic carbocycles. The predicted molar refractivity (Wildman–Crippen MR) is 90.1 cm³/mol. The van der Waals surface area contributed by atoms with Gasteiger partial charge in [-0.05, 0) is 50.9 Å². The fourth-order valence-electron chi connectivity index (χ4n) is 3.39. The Morgan fingerprint density at radius 3 is 2.71 bits per heavy atom. The van der Waals surface area contributed by atoms with Crippen molar-refractivity contribution in [2.24, 2.45) is 5.92 Å². The highest BCUT2D eigenvalue weighted by molar-refractivity contribution is 9.10. The van der Waals surface area contributed by atoms with E-state index in [0.29, 0.717) is 5.92 Å². The monoisotopic (exact) mass is 355 g/mol. The highest BCUT2D eigenvalue weighted by Gasteiger charge is 2.35. The molecule has 3 atom stereocenters. The van der Waals surface area contributed by atoms with Gasteiger partial charge in [-0.2, -0.15) is 0 Å². The van der Waals surface area contributed by atoms with E-state index in [0.717, 1.165) is 29.8 Å². The van der Waals surface area contributed by atoms with Crippen LogP contribution in [0.3, 0.4) is 0 Å². The van der Waals surface area contributed by atoms with Gasteiger partial charge in [-0.15, -0.1) is 0 Å². The lowest BCUT2D eigenvalue weighted by Crippen LogP contribution is -2.33. The number of halogens is 1. The minimum Gasteiger partial charge on any atom is -0.496 e. The first-order chi connectivity index (χ1) is 10.0. The molecule has 0 amide bonds. The van der Waals surface area contributed by atoms with Crippen LogP contribution in [-0.4, -0.2) is 26.4 Å². The van der Waals surface area contributed by atoms with Crippen molar-refractivity contribution in [1.29, 1.82) is 0 Å². The van der Waals surface area contributed by atoms with E-state index in [2.05, 4.69) is 55.0 Å². The number of benzene rings is 1. The van der Waals surface area contributed by atoms with Crippen LogP contribution in [0.15, 0.2) is 10.5 Å². The summed E-state index contributed by atoms with van der Waals surface area (Å²) in [5.41, 5.74) is 3.69. The highest BCUT2D eigenvalue weighted by atomic mass is 79.9. The van der Waals surface area contributed by atoms with Gasteiger partial charge in [0.15, 0.2) is 0 Å². The van der Waals surface area contributed by atoms with Crippen LogP contribution in [-0.2, 0) is 4.74 Å². The Hall–Kier alpha value is -0.580. The molecule has 1 N–H and O–H groups in total. The van der Waals surface area contributed by atoms with Crippen molar-refractivity contribution in [3.8, 4) is 5.75 Å². The molecule has 0 bridgehead atoms. The van der Waals surface area contributed by atoms with E-state index in [1.807, 2.05) is 0 Å². The number of hydrogen-bond acceptors (Lipinski definition) is 3. The van der Waals surface area contributed by atoms with Crippen LogP contribution in [0.5, 0.6) is 5.75 Å². The molecule has 1 saturated heterocycles. The Balaban J connectivity index is 2.53. The highest BCUT2D eigenvalue weighted by Crippen LogP contribution is 2.42. The van der Waals surface area contributed by atoms with Gasteiger partial charge < -0.3 is 14.8 Å². The average Bonchev–Trinajstić information content (AvgIpc) is 2.86. The predicted octanol–water partition coefficient (Wildman–Crippen LogP) is 4.15. The summed E-state index contributed by atoms with van der Waals surface area (Å²) in [5.74, 6) is 1.48. The Morgan fingerprint density at radius 1 is 1.48 bits per heavy atom. The normalized spacial score (nSPS) is 23.3. The smallest absolute Gasteiger partial charge is 0.126 e. The third-order valence-corrected chi connectivity index (χ3v) is 5.33. The molecule has 1 heterocycles. The van der Waals surface area contributed by atoms with Crippen molar-refractivity contribution in [2.45, 2.75) is 46.3 Å². The molecule has 1 aliphatic rings. The summed E-state index contributed by atoms with van der Waals surface area (Å²) < 4.78 is 12.7. The van der Waals surface area contributed by atoms with Crippen LogP contribution in [0.2, 0.25) is 0 Å². The van der Waals surface area contributed by atoms with Crippen LogP contribution < -0.4 is 10.1 Å². The number of ether oxygens (including phenoxy) is 2. The number of rotatable bonds is 5. The van der Waals surface area contributed by atoms with Gasteiger partial charge in [0, 0.05) is 28.6 Å².